The van der Waals surface area contributed by atoms with Crippen molar-refractivity contribution in [2.75, 3.05) is 12.8 Å². The number of hydrogen-bond donors (Lipinski definition) is 1. The summed E-state index contributed by atoms with van der Waals surface area (Å²) in [5.41, 5.74) is 6.94. The number of nitrogen functional groups attached to an aromatic ring is 1. The summed E-state index contributed by atoms with van der Waals surface area (Å²) in [6.45, 7) is 0.0918. The molecule has 0 radical (unpaired) electrons. The SMILES string of the molecule is COc1ccc(COc2cc(F)ccc2F)cc1N. The Labute approximate surface area is 109 Å². The van der Waals surface area contributed by atoms with Crippen LogP contribution in [-0.2, 0) is 6.61 Å². The molecule has 3 nitrogen and oxygen atoms in total. The van der Waals surface area contributed by atoms with Crippen molar-refractivity contribution >= 4 is 5.69 Å². The van der Waals surface area contributed by atoms with Gasteiger partial charge in [0.05, 0.1) is 12.8 Å². The molecule has 0 saturated carbocycles. The van der Waals surface area contributed by atoms with Crippen LogP contribution in [0.1, 0.15) is 5.56 Å². The van der Waals surface area contributed by atoms with Crippen molar-refractivity contribution in [3.05, 3.63) is 53.6 Å². The van der Waals surface area contributed by atoms with Crippen molar-refractivity contribution in [2.45, 2.75) is 6.61 Å². The molecule has 100 valence electrons. The largest absolute Gasteiger partial charge is 0.495 e. The van der Waals surface area contributed by atoms with Gasteiger partial charge in [0.15, 0.2) is 11.6 Å². The van der Waals surface area contributed by atoms with Crippen LogP contribution in [0.25, 0.3) is 0 Å². The van der Waals surface area contributed by atoms with E-state index in [4.69, 9.17) is 15.2 Å². The maximum absolute atomic E-state index is 13.3. The normalized spacial score (nSPS) is 10.3. The van der Waals surface area contributed by atoms with E-state index in [0.29, 0.717) is 11.4 Å². The first-order valence-electron chi connectivity index (χ1n) is 5.60. The molecule has 0 spiro atoms. The fourth-order valence-corrected chi connectivity index (χ4v) is 1.62. The van der Waals surface area contributed by atoms with Crippen LogP contribution in [0.4, 0.5) is 14.5 Å². The van der Waals surface area contributed by atoms with Crippen molar-refractivity contribution in [1.82, 2.24) is 0 Å². The topological polar surface area (TPSA) is 44.5 Å². The van der Waals surface area contributed by atoms with Crippen molar-refractivity contribution < 1.29 is 18.3 Å². The van der Waals surface area contributed by atoms with Crippen LogP contribution in [-0.4, -0.2) is 7.11 Å². The van der Waals surface area contributed by atoms with E-state index in [0.717, 1.165) is 23.8 Å². The lowest BCUT2D eigenvalue weighted by Crippen LogP contribution is -2.00. The molecule has 0 aliphatic heterocycles. The van der Waals surface area contributed by atoms with Crippen LogP contribution in [0.15, 0.2) is 36.4 Å². The quantitative estimate of drug-likeness (QED) is 0.864. The van der Waals surface area contributed by atoms with E-state index < -0.39 is 11.6 Å². The minimum atomic E-state index is -0.608. The second kappa shape index (κ2) is 5.56. The van der Waals surface area contributed by atoms with Crippen molar-refractivity contribution in [3.63, 3.8) is 0 Å². The molecule has 0 atom stereocenters. The number of hydrogen-bond acceptors (Lipinski definition) is 3. The molecule has 2 aromatic carbocycles. The first kappa shape index (κ1) is 13.1. The Morgan fingerprint density at radius 2 is 1.84 bits per heavy atom. The van der Waals surface area contributed by atoms with E-state index in [1.807, 2.05) is 0 Å². The lowest BCUT2D eigenvalue weighted by Gasteiger charge is -2.09. The number of ether oxygens (including phenoxy) is 2. The highest BCUT2D eigenvalue weighted by atomic mass is 19.1. The van der Waals surface area contributed by atoms with Gasteiger partial charge in [0.25, 0.3) is 0 Å². The van der Waals surface area contributed by atoms with E-state index in [-0.39, 0.29) is 12.4 Å². The highest BCUT2D eigenvalue weighted by molar-refractivity contribution is 5.54. The van der Waals surface area contributed by atoms with Gasteiger partial charge in [-0.2, -0.15) is 0 Å². The van der Waals surface area contributed by atoms with E-state index in [9.17, 15) is 8.78 Å². The number of benzene rings is 2. The minimum absolute atomic E-state index is 0.0918. The van der Waals surface area contributed by atoms with Crippen molar-refractivity contribution in [3.8, 4) is 11.5 Å². The summed E-state index contributed by atoms with van der Waals surface area (Å²) < 4.78 is 36.5. The third kappa shape index (κ3) is 3.13. The Balaban J connectivity index is 2.10. The van der Waals surface area contributed by atoms with Crippen LogP contribution in [0.5, 0.6) is 11.5 Å². The second-order valence-electron chi connectivity index (χ2n) is 3.94. The Morgan fingerprint density at radius 1 is 1.05 bits per heavy atom. The summed E-state index contributed by atoms with van der Waals surface area (Å²) in [5.74, 6) is -0.733. The van der Waals surface area contributed by atoms with Crippen molar-refractivity contribution in [1.29, 1.82) is 0 Å². The van der Waals surface area contributed by atoms with Gasteiger partial charge in [-0.3, -0.25) is 0 Å². The van der Waals surface area contributed by atoms with Gasteiger partial charge < -0.3 is 15.2 Å². The molecule has 0 saturated heterocycles. The molecule has 0 aromatic heterocycles. The smallest absolute Gasteiger partial charge is 0.165 e. The molecule has 0 heterocycles. The average Bonchev–Trinajstić information content (AvgIpc) is 2.40. The maximum Gasteiger partial charge on any atom is 0.165 e. The molecule has 2 N–H and O–H groups in total. The van der Waals surface area contributed by atoms with Gasteiger partial charge >= 0.3 is 0 Å². The van der Waals surface area contributed by atoms with E-state index in [1.54, 1.807) is 18.2 Å². The molecule has 2 aromatic rings. The Morgan fingerprint density at radius 3 is 2.53 bits per heavy atom. The van der Waals surface area contributed by atoms with Crippen LogP contribution >= 0.6 is 0 Å². The molecule has 5 heteroatoms. The van der Waals surface area contributed by atoms with Gasteiger partial charge in [0, 0.05) is 6.07 Å². The Kier molecular flexibility index (Phi) is 3.85. The summed E-state index contributed by atoms with van der Waals surface area (Å²) in [5, 5.41) is 0. The van der Waals surface area contributed by atoms with E-state index in [2.05, 4.69) is 0 Å². The predicted octanol–water partition coefficient (Wildman–Crippen LogP) is 3.13. The number of anilines is 1. The predicted molar refractivity (Wildman–Crippen MR) is 68.1 cm³/mol. The molecular formula is C14H13F2NO2. The maximum atomic E-state index is 13.3. The molecule has 0 amide bonds. The lowest BCUT2D eigenvalue weighted by atomic mass is 10.2. The summed E-state index contributed by atoms with van der Waals surface area (Å²) in [7, 11) is 1.52. The highest BCUT2D eigenvalue weighted by Crippen LogP contribution is 2.24. The zero-order valence-electron chi connectivity index (χ0n) is 10.3. The van der Waals surface area contributed by atoms with Gasteiger partial charge in [0.2, 0.25) is 0 Å². The Hall–Kier alpha value is -2.30. The van der Waals surface area contributed by atoms with Gasteiger partial charge in [-0.1, -0.05) is 6.07 Å². The fraction of sp³-hybridized carbons (Fsp3) is 0.143. The monoisotopic (exact) mass is 265 g/mol. The Bertz CT molecular complexity index is 588. The third-order valence-electron chi connectivity index (χ3n) is 2.58. The fourth-order valence-electron chi connectivity index (χ4n) is 1.62. The van der Waals surface area contributed by atoms with Gasteiger partial charge in [-0.05, 0) is 29.8 Å². The van der Waals surface area contributed by atoms with Crippen LogP contribution in [0, 0.1) is 11.6 Å². The second-order valence-corrected chi connectivity index (χ2v) is 3.94. The van der Waals surface area contributed by atoms with Crippen LogP contribution in [0.2, 0.25) is 0 Å². The number of methoxy groups -OCH3 is 1. The van der Waals surface area contributed by atoms with E-state index >= 15 is 0 Å². The third-order valence-corrected chi connectivity index (χ3v) is 2.58. The number of nitrogens with two attached hydrogens (primary N) is 1. The molecule has 0 aliphatic carbocycles. The molecule has 0 bridgehead atoms. The number of halogens is 2. The summed E-state index contributed by atoms with van der Waals surface area (Å²) in [6.07, 6.45) is 0. The zero-order chi connectivity index (χ0) is 13.8. The molecule has 19 heavy (non-hydrogen) atoms. The number of rotatable bonds is 4. The highest BCUT2D eigenvalue weighted by Gasteiger charge is 2.06. The van der Waals surface area contributed by atoms with Gasteiger partial charge in [0.1, 0.15) is 18.2 Å². The standard InChI is InChI=1S/C14H13F2NO2/c1-18-13-5-2-9(6-12(13)17)8-19-14-7-10(15)3-4-11(14)16/h2-7H,8,17H2,1H3. The summed E-state index contributed by atoms with van der Waals surface area (Å²) in [4.78, 5) is 0. The average molecular weight is 265 g/mol. The molecule has 0 fully saturated rings. The van der Waals surface area contributed by atoms with Crippen LogP contribution in [0.3, 0.4) is 0 Å². The molecule has 0 unspecified atom stereocenters. The van der Waals surface area contributed by atoms with E-state index in [1.165, 1.54) is 7.11 Å². The molecular weight excluding hydrogens is 252 g/mol. The van der Waals surface area contributed by atoms with Gasteiger partial charge in [-0.25, -0.2) is 8.78 Å². The minimum Gasteiger partial charge on any atom is -0.495 e. The van der Waals surface area contributed by atoms with Crippen molar-refractivity contribution in [2.24, 2.45) is 0 Å². The summed E-state index contributed by atoms with van der Waals surface area (Å²) in [6, 6.07) is 8.15. The van der Waals surface area contributed by atoms with Gasteiger partial charge in [-0.15, -0.1) is 0 Å². The first-order valence-corrected chi connectivity index (χ1v) is 5.60. The lowest BCUT2D eigenvalue weighted by molar-refractivity contribution is 0.288. The zero-order valence-corrected chi connectivity index (χ0v) is 10.3. The molecule has 0 aliphatic rings. The summed E-state index contributed by atoms with van der Waals surface area (Å²) >= 11 is 0. The first-order chi connectivity index (χ1) is 9.10. The molecule has 2 rings (SSSR count). The van der Waals surface area contributed by atoms with Crippen LogP contribution < -0.4 is 15.2 Å².